The van der Waals surface area contributed by atoms with Crippen LogP contribution in [0, 0.1) is 0 Å². The predicted octanol–water partition coefficient (Wildman–Crippen LogP) is 4.52. The van der Waals surface area contributed by atoms with E-state index in [1.807, 2.05) is 11.8 Å². The molecule has 2 aliphatic rings. The molecular formula is C22H28N2S. The molecule has 1 saturated heterocycles. The number of likely N-dealkylation sites (tertiary alicyclic amines) is 1. The molecule has 4 rings (SSSR count). The standard InChI is InChI=1S/C22H28N2S/c1-2-6-18(7-3-1)10-14-24-15-11-19(12-16-24)23-21-13-17-25-22-9-5-4-8-20(21)22/h1-9,19,21,23H,10-17H2. The van der Waals surface area contributed by atoms with Gasteiger partial charge in [-0.2, -0.15) is 0 Å². The smallest absolute Gasteiger partial charge is 0.0341 e. The maximum Gasteiger partial charge on any atom is 0.0341 e. The molecule has 0 aromatic heterocycles. The fourth-order valence-corrected chi connectivity index (χ4v) is 5.18. The van der Waals surface area contributed by atoms with Gasteiger partial charge in [0.05, 0.1) is 0 Å². The number of piperidine rings is 1. The molecule has 25 heavy (non-hydrogen) atoms. The second kappa shape index (κ2) is 8.39. The van der Waals surface area contributed by atoms with Crippen molar-refractivity contribution in [3.8, 4) is 0 Å². The first-order valence-corrected chi connectivity index (χ1v) is 10.6. The van der Waals surface area contributed by atoms with Gasteiger partial charge >= 0.3 is 0 Å². The molecular weight excluding hydrogens is 324 g/mol. The Kier molecular flexibility index (Phi) is 5.75. The summed E-state index contributed by atoms with van der Waals surface area (Å²) >= 11 is 2.01. The van der Waals surface area contributed by atoms with Crippen molar-refractivity contribution in [2.45, 2.75) is 42.7 Å². The zero-order chi connectivity index (χ0) is 16.9. The van der Waals surface area contributed by atoms with Gasteiger partial charge in [-0.25, -0.2) is 0 Å². The van der Waals surface area contributed by atoms with Crippen LogP contribution in [-0.4, -0.2) is 36.3 Å². The molecule has 3 heteroatoms. The molecule has 2 aromatic rings. The zero-order valence-electron chi connectivity index (χ0n) is 14.9. The van der Waals surface area contributed by atoms with Gasteiger partial charge in [0, 0.05) is 23.5 Å². The van der Waals surface area contributed by atoms with E-state index in [0.29, 0.717) is 12.1 Å². The first-order valence-electron chi connectivity index (χ1n) is 9.62. The van der Waals surface area contributed by atoms with Gasteiger partial charge in [-0.3, -0.25) is 0 Å². The van der Waals surface area contributed by atoms with E-state index in [0.717, 1.165) is 0 Å². The van der Waals surface area contributed by atoms with Crippen LogP contribution >= 0.6 is 11.8 Å². The summed E-state index contributed by atoms with van der Waals surface area (Å²) in [6, 6.07) is 21.0. The maximum absolute atomic E-state index is 3.97. The Bertz CT molecular complexity index is 665. The van der Waals surface area contributed by atoms with Crippen LogP contribution in [0.5, 0.6) is 0 Å². The van der Waals surface area contributed by atoms with Gasteiger partial charge < -0.3 is 10.2 Å². The molecule has 1 unspecified atom stereocenters. The third-order valence-electron chi connectivity index (χ3n) is 5.54. The van der Waals surface area contributed by atoms with E-state index < -0.39 is 0 Å². The van der Waals surface area contributed by atoms with Crippen molar-refractivity contribution < 1.29 is 0 Å². The Balaban J connectivity index is 1.26. The zero-order valence-corrected chi connectivity index (χ0v) is 15.7. The summed E-state index contributed by atoms with van der Waals surface area (Å²) < 4.78 is 0. The minimum Gasteiger partial charge on any atom is -0.307 e. The van der Waals surface area contributed by atoms with Gasteiger partial charge in [-0.15, -0.1) is 11.8 Å². The Morgan fingerprint density at radius 1 is 0.920 bits per heavy atom. The highest BCUT2D eigenvalue weighted by atomic mass is 32.2. The summed E-state index contributed by atoms with van der Waals surface area (Å²) in [6.07, 6.45) is 4.99. The molecule has 0 spiro atoms. The molecule has 2 heterocycles. The van der Waals surface area contributed by atoms with E-state index in [2.05, 4.69) is 64.8 Å². The molecule has 2 nitrogen and oxygen atoms in total. The van der Waals surface area contributed by atoms with Gasteiger partial charge in [0.1, 0.15) is 0 Å². The first kappa shape index (κ1) is 17.1. The van der Waals surface area contributed by atoms with E-state index >= 15 is 0 Å². The van der Waals surface area contributed by atoms with Crippen molar-refractivity contribution in [1.82, 2.24) is 10.2 Å². The Morgan fingerprint density at radius 2 is 1.68 bits per heavy atom. The average Bonchev–Trinajstić information content (AvgIpc) is 2.69. The van der Waals surface area contributed by atoms with Crippen LogP contribution in [0.15, 0.2) is 59.5 Å². The normalized spacial score (nSPS) is 21.8. The molecule has 0 saturated carbocycles. The molecule has 2 aliphatic heterocycles. The molecule has 1 fully saturated rings. The first-order chi connectivity index (χ1) is 12.4. The number of thioether (sulfide) groups is 1. The summed E-state index contributed by atoms with van der Waals surface area (Å²) in [7, 11) is 0. The van der Waals surface area contributed by atoms with Crippen LogP contribution in [0.25, 0.3) is 0 Å². The number of nitrogens with one attached hydrogen (secondary N) is 1. The van der Waals surface area contributed by atoms with Crippen molar-refractivity contribution in [3.05, 3.63) is 65.7 Å². The second-order valence-corrected chi connectivity index (χ2v) is 8.38. The van der Waals surface area contributed by atoms with Crippen LogP contribution < -0.4 is 5.32 Å². The van der Waals surface area contributed by atoms with Crippen LogP contribution in [0.1, 0.15) is 36.4 Å². The Labute approximate surface area is 156 Å². The largest absolute Gasteiger partial charge is 0.307 e. The van der Waals surface area contributed by atoms with E-state index in [1.165, 1.54) is 67.1 Å². The molecule has 132 valence electrons. The van der Waals surface area contributed by atoms with E-state index in [1.54, 1.807) is 0 Å². The number of nitrogens with zero attached hydrogens (tertiary/aromatic N) is 1. The van der Waals surface area contributed by atoms with E-state index in [-0.39, 0.29) is 0 Å². The van der Waals surface area contributed by atoms with Gasteiger partial charge in [-0.05, 0) is 61.7 Å². The topological polar surface area (TPSA) is 15.3 Å². The number of benzene rings is 2. The Morgan fingerprint density at radius 3 is 2.52 bits per heavy atom. The minimum absolute atomic E-state index is 0.554. The third-order valence-corrected chi connectivity index (χ3v) is 6.67. The van der Waals surface area contributed by atoms with Crippen molar-refractivity contribution >= 4 is 11.8 Å². The lowest BCUT2D eigenvalue weighted by Crippen LogP contribution is -2.44. The number of rotatable bonds is 5. The quantitative estimate of drug-likeness (QED) is 0.852. The van der Waals surface area contributed by atoms with Crippen LogP contribution in [0.3, 0.4) is 0 Å². The second-order valence-electron chi connectivity index (χ2n) is 7.25. The van der Waals surface area contributed by atoms with Gasteiger partial charge in [0.15, 0.2) is 0 Å². The molecule has 0 bridgehead atoms. The maximum atomic E-state index is 3.97. The average molecular weight is 353 g/mol. The van der Waals surface area contributed by atoms with Crippen LogP contribution in [0.2, 0.25) is 0 Å². The molecule has 0 amide bonds. The number of hydrogen-bond acceptors (Lipinski definition) is 3. The third kappa shape index (κ3) is 4.46. The highest BCUT2D eigenvalue weighted by Gasteiger charge is 2.25. The molecule has 1 atom stereocenters. The number of hydrogen-bond donors (Lipinski definition) is 1. The summed E-state index contributed by atoms with van der Waals surface area (Å²) in [5.74, 6) is 1.24. The predicted molar refractivity (Wildman–Crippen MR) is 107 cm³/mol. The fourth-order valence-electron chi connectivity index (χ4n) is 4.05. The minimum atomic E-state index is 0.554. The van der Waals surface area contributed by atoms with Crippen molar-refractivity contribution in [2.75, 3.05) is 25.4 Å². The van der Waals surface area contributed by atoms with Gasteiger partial charge in [-0.1, -0.05) is 48.5 Å². The van der Waals surface area contributed by atoms with Crippen molar-refractivity contribution in [2.24, 2.45) is 0 Å². The van der Waals surface area contributed by atoms with Crippen LogP contribution in [-0.2, 0) is 6.42 Å². The lowest BCUT2D eigenvalue weighted by atomic mass is 9.98. The molecule has 0 aliphatic carbocycles. The SMILES string of the molecule is c1ccc(CCN2CCC(NC3CCSc4ccccc43)CC2)cc1. The van der Waals surface area contributed by atoms with Crippen LogP contribution in [0.4, 0.5) is 0 Å². The highest BCUT2D eigenvalue weighted by molar-refractivity contribution is 7.99. The highest BCUT2D eigenvalue weighted by Crippen LogP contribution is 2.36. The summed E-state index contributed by atoms with van der Waals surface area (Å²) in [6.45, 7) is 3.65. The molecule has 2 aromatic carbocycles. The van der Waals surface area contributed by atoms with E-state index in [4.69, 9.17) is 0 Å². The Hall–Kier alpha value is -1.29. The van der Waals surface area contributed by atoms with Gasteiger partial charge in [0.2, 0.25) is 0 Å². The lowest BCUT2D eigenvalue weighted by molar-refractivity contribution is 0.191. The molecule has 1 N–H and O–H groups in total. The monoisotopic (exact) mass is 352 g/mol. The summed E-state index contributed by atoms with van der Waals surface area (Å²) in [5, 5.41) is 3.97. The van der Waals surface area contributed by atoms with Crippen molar-refractivity contribution in [1.29, 1.82) is 0 Å². The van der Waals surface area contributed by atoms with Crippen molar-refractivity contribution in [3.63, 3.8) is 0 Å². The van der Waals surface area contributed by atoms with Gasteiger partial charge in [0.25, 0.3) is 0 Å². The molecule has 0 radical (unpaired) electrons. The lowest BCUT2D eigenvalue weighted by Gasteiger charge is -2.36. The summed E-state index contributed by atoms with van der Waals surface area (Å²) in [5.41, 5.74) is 2.98. The summed E-state index contributed by atoms with van der Waals surface area (Å²) in [4.78, 5) is 4.11. The number of fused-ring (bicyclic) bond motifs is 1. The van der Waals surface area contributed by atoms with E-state index in [9.17, 15) is 0 Å². The fraction of sp³-hybridized carbons (Fsp3) is 0.455.